The molecule has 1 saturated carbocycles. The van der Waals surface area contributed by atoms with Gasteiger partial charge in [-0.2, -0.15) is 0 Å². The number of benzene rings is 1. The van der Waals surface area contributed by atoms with Crippen LogP contribution >= 0.6 is 0 Å². The highest BCUT2D eigenvalue weighted by atomic mass is 16.5. The van der Waals surface area contributed by atoms with E-state index in [2.05, 4.69) is 5.32 Å². The Hall–Kier alpha value is -2.76. The highest BCUT2D eigenvalue weighted by molar-refractivity contribution is 5.95. The minimum atomic E-state index is -0.0371. The summed E-state index contributed by atoms with van der Waals surface area (Å²) in [5.74, 6) is 1.04. The van der Waals surface area contributed by atoms with Crippen LogP contribution in [-0.2, 0) is 7.05 Å². The first kappa shape index (κ1) is 18.6. The van der Waals surface area contributed by atoms with E-state index in [1.807, 2.05) is 53.0 Å². The van der Waals surface area contributed by atoms with Gasteiger partial charge in [-0.05, 0) is 56.0 Å². The minimum Gasteiger partial charge on any atom is -0.493 e. The van der Waals surface area contributed by atoms with Gasteiger partial charge in [0.2, 0.25) is 0 Å². The summed E-state index contributed by atoms with van der Waals surface area (Å²) in [6.45, 7) is 2.04. The molecule has 0 radical (unpaired) electrons. The van der Waals surface area contributed by atoms with Crippen molar-refractivity contribution in [3.05, 3.63) is 53.9 Å². The third kappa shape index (κ3) is 4.38. The molecule has 6 nitrogen and oxygen atoms in total. The molecule has 2 heterocycles. The molecule has 2 aliphatic rings. The van der Waals surface area contributed by atoms with Crippen LogP contribution in [0.4, 0.5) is 0 Å². The lowest BCUT2D eigenvalue weighted by Crippen LogP contribution is -2.42. The molecule has 1 aromatic carbocycles. The van der Waals surface area contributed by atoms with Gasteiger partial charge in [0.15, 0.2) is 0 Å². The Bertz CT molecular complexity index is 856. The van der Waals surface area contributed by atoms with Crippen LogP contribution in [0.25, 0.3) is 0 Å². The van der Waals surface area contributed by atoms with Crippen molar-refractivity contribution in [1.82, 2.24) is 14.8 Å². The van der Waals surface area contributed by atoms with Crippen LogP contribution in [0.5, 0.6) is 5.75 Å². The Balaban J connectivity index is 1.32. The number of piperidine rings is 1. The lowest BCUT2D eigenvalue weighted by atomic mass is 9.98. The molecule has 2 fully saturated rings. The van der Waals surface area contributed by atoms with E-state index in [-0.39, 0.29) is 11.8 Å². The second-order valence-electron chi connectivity index (χ2n) is 7.85. The van der Waals surface area contributed by atoms with Gasteiger partial charge >= 0.3 is 0 Å². The fraction of sp³-hybridized carbons (Fsp3) is 0.455. The molecule has 148 valence electrons. The number of hydrogen-bond donors (Lipinski definition) is 1. The number of carbonyl (C=O) groups excluding carboxylic acids is 2. The molecule has 0 spiro atoms. The zero-order valence-electron chi connectivity index (χ0n) is 16.3. The molecule has 28 heavy (non-hydrogen) atoms. The van der Waals surface area contributed by atoms with E-state index in [0.29, 0.717) is 36.4 Å². The first-order valence-corrected chi connectivity index (χ1v) is 10.0. The number of likely N-dealkylation sites (tertiary alicyclic amines) is 1. The monoisotopic (exact) mass is 381 g/mol. The number of carbonyl (C=O) groups is 2. The third-order valence-electron chi connectivity index (χ3n) is 5.46. The van der Waals surface area contributed by atoms with Crippen LogP contribution in [0.1, 0.15) is 46.5 Å². The summed E-state index contributed by atoms with van der Waals surface area (Å²) in [6.07, 6.45) is 6.06. The first-order chi connectivity index (χ1) is 13.6. The highest BCUT2D eigenvalue weighted by Gasteiger charge is 2.26. The number of nitrogens with one attached hydrogen (secondary N) is 1. The minimum absolute atomic E-state index is 0.0371. The van der Waals surface area contributed by atoms with Crippen molar-refractivity contribution in [2.45, 2.75) is 31.7 Å². The molecule has 1 aliphatic heterocycles. The average molecular weight is 381 g/mol. The lowest BCUT2D eigenvalue weighted by molar-refractivity contribution is 0.0623. The van der Waals surface area contributed by atoms with Crippen LogP contribution < -0.4 is 10.1 Å². The number of aryl methyl sites for hydroxylation is 1. The zero-order valence-corrected chi connectivity index (χ0v) is 16.3. The molecule has 1 N–H and O–H groups in total. The maximum absolute atomic E-state index is 12.7. The van der Waals surface area contributed by atoms with Crippen LogP contribution in [0.3, 0.4) is 0 Å². The first-order valence-electron chi connectivity index (χ1n) is 10.0. The molecule has 0 unspecified atom stereocenters. The van der Waals surface area contributed by atoms with Gasteiger partial charge in [-0.15, -0.1) is 0 Å². The highest BCUT2D eigenvalue weighted by Crippen LogP contribution is 2.22. The summed E-state index contributed by atoms with van der Waals surface area (Å²) < 4.78 is 7.84. The van der Waals surface area contributed by atoms with Crippen molar-refractivity contribution in [3.8, 4) is 5.75 Å². The van der Waals surface area contributed by atoms with E-state index in [4.69, 9.17) is 4.74 Å². The van der Waals surface area contributed by atoms with E-state index in [1.165, 1.54) is 0 Å². The number of amides is 2. The maximum Gasteiger partial charge on any atom is 0.270 e. The van der Waals surface area contributed by atoms with E-state index in [9.17, 15) is 9.59 Å². The van der Waals surface area contributed by atoms with Gasteiger partial charge in [-0.1, -0.05) is 6.07 Å². The summed E-state index contributed by atoms with van der Waals surface area (Å²) in [6, 6.07) is 11.4. The molecule has 0 bridgehead atoms. The van der Waals surface area contributed by atoms with E-state index in [1.54, 1.807) is 6.07 Å². The van der Waals surface area contributed by atoms with Crippen LogP contribution in [0, 0.1) is 5.92 Å². The normalized spacial score (nSPS) is 19.3. The van der Waals surface area contributed by atoms with Crippen LogP contribution in [0.15, 0.2) is 42.6 Å². The summed E-state index contributed by atoms with van der Waals surface area (Å²) >= 11 is 0. The average Bonchev–Trinajstić information content (AvgIpc) is 3.43. The SMILES string of the molecule is Cn1cccc1C(=O)N1CCC[C@@H](COc2cccc(C(=O)NC3CC3)c2)C1. The Morgan fingerprint density at radius 3 is 2.79 bits per heavy atom. The summed E-state index contributed by atoms with van der Waals surface area (Å²) in [7, 11) is 1.89. The van der Waals surface area contributed by atoms with Gasteiger partial charge in [-0.3, -0.25) is 9.59 Å². The molecular weight excluding hydrogens is 354 g/mol. The van der Waals surface area contributed by atoms with Gasteiger partial charge in [-0.25, -0.2) is 0 Å². The van der Waals surface area contributed by atoms with Crippen molar-refractivity contribution >= 4 is 11.8 Å². The quantitative estimate of drug-likeness (QED) is 0.837. The fourth-order valence-corrected chi connectivity index (χ4v) is 3.67. The smallest absolute Gasteiger partial charge is 0.270 e. The topological polar surface area (TPSA) is 63.6 Å². The lowest BCUT2D eigenvalue weighted by Gasteiger charge is -2.32. The molecule has 6 heteroatoms. The standard InChI is InChI=1S/C22H27N3O3/c1-24-11-4-8-20(24)22(27)25-12-3-5-16(14-25)15-28-19-7-2-6-17(13-19)21(26)23-18-9-10-18/h2,4,6-8,11,13,16,18H,3,5,9-10,12,14-15H2,1H3,(H,23,26)/t16-/m1/s1. The number of nitrogens with zero attached hydrogens (tertiary/aromatic N) is 2. The van der Waals surface area contributed by atoms with Crippen molar-refractivity contribution in [2.75, 3.05) is 19.7 Å². The predicted octanol–water partition coefficient (Wildman–Crippen LogP) is 2.85. The van der Waals surface area contributed by atoms with Crippen molar-refractivity contribution in [1.29, 1.82) is 0 Å². The second-order valence-corrected chi connectivity index (χ2v) is 7.85. The second kappa shape index (κ2) is 8.09. The molecular formula is C22H27N3O3. The predicted molar refractivity (Wildman–Crippen MR) is 106 cm³/mol. The molecule has 2 amide bonds. The summed E-state index contributed by atoms with van der Waals surface area (Å²) in [4.78, 5) is 26.9. The molecule has 4 rings (SSSR count). The Morgan fingerprint density at radius 2 is 2.04 bits per heavy atom. The fourth-order valence-electron chi connectivity index (χ4n) is 3.67. The molecule has 1 saturated heterocycles. The Morgan fingerprint density at radius 1 is 1.18 bits per heavy atom. The molecule has 2 aromatic rings. The van der Waals surface area contributed by atoms with Gasteiger partial charge in [0, 0.05) is 43.9 Å². The maximum atomic E-state index is 12.7. The largest absolute Gasteiger partial charge is 0.493 e. The molecule has 1 aliphatic carbocycles. The molecule has 1 atom stereocenters. The number of rotatable bonds is 6. The summed E-state index contributed by atoms with van der Waals surface area (Å²) in [5.41, 5.74) is 1.35. The van der Waals surface area contributed by atoms with Crippen LogP contribution in [-0.4, -0.2) is 47.0 Å². The Labute approximate surface area is 165 Å². The van der Waals surface area contributed by atoms with Gasteiger partial charge in [0.05, 0.1) is 6.61 Å². The van der Waals surface area contributed by atoms with Crippen molar-refractivity contribution in [3.63, 3.8) is 0 Å². The van der Waals surface area contributed by atoms with E-state index in [0.717, 1.165) is 37.9 Å². The Kier molecular flexibility index (Phi) is 5.37. The van der Waals surface area contributed by atoms with Crippen molar-refractivity contribution < 1.29 is 14.3 Å². The summed E-state index contributed by atoms with van der Waals surface area (Å²) in [5, 5.41) is 3.00. The van der Waals surface area contributed by atoms with Gasteiger partial charge in [0.1, 0.15) is 11.4 Å². The van der Waals surface area contributed by atoms with E-state index < -0.39 is 0 Å². The zero-order chi connectivity index (χ0) is 19.5. The van der Waals surface area contributed by atoms with Gasteiger partial charge in [0.25, 0.3) is 11.8 Å². The number of aromatic nitrogens is 1. The van der Waals surface area contributed by atoms with Gasteiger partial charge < -0.3 is 19.5 Å². The third-order valence-corrected chi connectivity index (χ3v) is 5.46. The molecule has 1 aromatic heterocycles. The number of ether oxygens (including phenoxy) is 1. The van der Waals surface area contributed by atoms with Crippen LogP contribution in [0.2, 0.25) is 0 Å². The van der Waals surface area contributed by atoms with Crippen molar-refractivity contribution in [2.24, 2.45) is 13.0 Å². The van der Waals surface area contributed by atoms with E-state index >= 15 is 0 Å². The number of hydrogen-bond acceptors (Lipinski definition) is 3.